The Morgan fingerprint density at radius 3 is 2.89 bits per heavy atom. The SMILES string of the molecule is CC1(NC(=O)c2cc(Br)ccc2Br)CCCOC1. The van der Waals surface area contributed by atoms with Gasteiger partial charge in [0, 0.05) is 15.6 Å². The summed E-state index contributed by atoms with van der Waals surface area (Å²) in [6.07, 6.45) is 1.93. The van der Waals surface area contributed by atoms with Crippen molar-refractivity contribution in [2.24, 2.45) is 0 Å². The van der Waals surface area contributed by atoms with Gasteiger partial charge >= 0.3 is 0 Å². The zero-order chi connectivity index (χ0) is 13.2. The van der Waals surface area contributed by atoms with Gasteiger partial charge in [0.25, 0.3) is 5.91 Å². The number of carbonyl (C=O) groups is 1. The van der Waals surface area contributed by atoms with Crippen molar-refractivity contribution in [2.75, 3.05) is 13.2 Å². The third-order valence-electron chi connectivity index (χ3n) is 3.03. The molecule has 18 heavy (non-hydrogen) atoms. The molecule has 1 heterocycles. The van der Waals surface area contributed by atoms with Crippen molar-refractivity contribution in [3.05, 3.63) is 32.7 Å². The lowest BCUT2D eigenvalue weighted by atomic mass is 9.94. The first kappa shape index (κ1) is 14.0. The molecular weight excluding hydrogens is 362 g/mol. The van der Waals surface area contributed by atoms with Crippen molar-refractivity contribution in [3.8, 4) is 0 Å². The van der Waals surface area contributed by atoms with E-state index in [1.54, 1.807) is 0 Å². The Morgan fingerprint density at radius 1 is 1.44 bits per heavy atom. The summed E-state index contributed by atoms with van der Waals surface area (Å²) < 4.78 is 7.12. The van der Waals surface area contributed by atoms with E-state index in [2.05, 4.69) is 37.2 Å². The van der Waals surface area contributed by atoms with Crippen LogP contribution in [0.4, 0.5) is 0 Å². The van der Waals surface area contributed by atoms with Crippen LogP contribution in [0.15, 0.2) is 27.1 Å². The molecule has 98 valence electrons. The van der Waals surface area contributed by atoms with Gasteiger partial charge in [-0.25, -0.2) is 0 Å². The van der Waals surface area contributed by atoms with Crippen molar-refractivity contribution in [1.82, 2.24) is 5.32 Å². The Morgan fingerprint density at radius 2 is 2.22 bits per heavy atom. The standard InChI is InChI=1S/C13H15Br2NO2/c1-13(5-2-6-18-8-13)16-12(17)10-7-9(14)3-4-11(10)15/h3-4,7H,2,5-6,8H2,1H3,(H,16,17). The number of hydrogen-bond donors (Lipinski definition) is 1. The van der Waals surface area contributed by atoms with Gasteiger partial charge in [-0.15, -0.1) is 0 Å². The smallest absolute Gasteiger partial charge is 0.252 e. The molecule has 3 nitrogen and oxygen atoms in total. The number of hydrogen-bond acceptors (Lipinski definition) is 2. The maximum Gasteiger partial charge on any atom is 0.252 e. The normalized spacial score (nSPS) is 23.7. The summed E-state index contributed by atoms with van der Waals surface area (Å²) in [7, 11) is 0. The monoisotopic (exact) mass is 375 g/mol. The summed E-state index contributed by atoms with van der Waals surface area (Å²) in [5.74, 6) is -0.0730. The van der Waals surface area contributed by atoms with E-state index in [-0.39, 0.29) is 11.4 Å². The summed E-state index contributed by atoms with van der Waals surface area (Å²) in [5.41, 5.74) is 0.369. The molecule has 1 unspecified atom stereocenters. The summed E-state index contributed by atoms with van der Waals surface area (Å²) in [6.45, 7) is 3.38. The second-order valence-electron chi connectivity index (χ2n) is 4.80. The fraction of sp³-hybridized carbons (Fsp3) is 0.462. The summed E-state index contributed by atoms with van der Waals surface area (Å²) in [6, 6.07) is 5.57. The van der Waals surface area contributed by atoms with Gasteiger partial charge in [-0.05, 0) is 53.9 Å². The zero-order valence-corrected chi connectivity index (χ0v) is 13.3. The van der Waals surface area contributed by atoms with E-state index in [0.717, 1.165) is 28.4 Å². The predicted octanol–water partition coefficient (Wildman–Crippen LogP) is 3.51. The number of carbonyl (C=O) groups excluding carboxylic acids is 1. The largest absolute Gasteiger partial charge is 0.379 e. The van der Waals surface area contributed by atoms with Crippen molar-refractivity contribution in [2.45, 2.75) is 25.3 Å². The fourth-order valence-corrected chi connectivity index (χ4v) is 2.83. The summed E-state index contributed by atoms with van der Waals surface area (Å²) >= 11 is 6.78. The van der Waals surface area contributed by atoms with Gasteiger partial charge in [0.1, 0.15) is 0 Å². The minimum atomic E-state index is -0.267. The first-order valence-corrected chi connectivity index (χ1v) is 7.44. The average molecular weight is 377 g/mol. The van der Waals surface area contributed by atoms with E-state index in [1.165, 1.54) is 0 Å². The fourth-order valence-electron chi connectivity index (χ4n) is 2.05. The van der Waals surface area contributed by atoms with Crippen LogP contribution in [0.5, 0.6) is 0 Å². The Labute approximate surface area is 124 Å². The van der Waals surface area contributed by atoms with Gasteiger partial charge in [0.05, 0.1) is 17.7 Å². The first-order valence-electron chi connectivity index (χ1n) is 5.85. The number of amides is 1. The van der Waals surface area contributed by atoms with E-state index in [0.29, 0.717) is 12.2 Å². The predicted molar refractivity (Wildman–Crippen MR) is 77.8 cm³/mol. The van der Waals surface area contributed by atoms with Crippen LogP contribution in [0, 0.1) is 0 Å². The molecule has 0 bridgehead atoms. The molecular formula is C13H15Br2NO2. The molecule has 0 radical (unpaired) electrons. The number of ether oxygens (including phenoxy) is 1. The molecule has 0 saturated carbocycles. The number of halogens is 2. The van der Waals surface area contributed by atoms with Crippen LogP contribution in [0.2, 0.25) is 0 Å². The second kappa shape index (κ2) is 5.72. The van der Waals surface area contributed by atoms with Crippen molar-refractivity contribution in [3.63, 3.8) is 0 Å². The van der Waals surface area contributed by atoms with E-state index in [4.69, 9.17) is 4.74 Å². The highest BCUT2D eigenvalue weighted by molar-refractivity contribution is 9.11. The van der Waals surface area contributed by atoms with Crippen LogP contribution < -0.4 is 5.32 Å². The molecule has 2 rings (SSSR count). The second-order valence-corrected chi connectivity index (χ2v) is 6.57. The summed E-state index contributed by atoms with van der Waals surface area (Å²) in [5, 5.41) is 3.06. The molecule has 1 aromatic rings. The lowest BCUT2D eigenvalue weighted by molar-refractivity contribution is 0.0272. The number of benzene rings is 1. The molecule has 0 aliphatic carbocycles. The van der Waals surface area contributed by atoms with Gasteiger partial charge in [0.15, 0.2) is 0 Å². The highest BCUT2D eigenvalue weighted by Crippen LogP contribution is 2.24. The van der Waals surface area contributed by atoms with Crippen LogP contribution in [-0.2, 0) is 4.74 Å². The van der Waals surface area contributed by atoms with Gasteiger partial charge in [0.2, 0.25) is 0 Å². The van der Waals surface area contributed by atoms with Crippen LogP contribution in [0.1, 0.15) is 30.1 Å². The number of rotatable bonds is 2. The molecule has 1 fully saturated rings. The Kier molecular flexibility index (Phi) is 4.45. The molecule has 0 spiro atoms. The Bertz CT molecular complexity index is 456. The van der Waals surface area contributed by atoms with Crippen molar-refractivity contribution in [1.29, 1.82) is 0 Å². The van der Waals surface area contributed by atoms with E-state index in [1.807, 2.05) is 25.1 Å². The van der Waals surface area contributed by atoms with Gasteiger partial charge < -0.3 is 10.1 Å². The Hall–Kier alpha value is -0.390. The minimum absolute atomic E-state index is 0.0730. The topological polar surface area (TPSA) is 38.3 Å². The minimum Gasteiger partial charge on any atom is -0.379 e. The highest BCUT2D eigenvalue weighted by Gasteiger charge is 2.30. The Balaban J connectivity index is 2.14. The van der Waals surface area contributed by atoms with E-state index < -0.39 is 0 Å². The molecule has 1 amide bonds. The lowest BCUT2D eigenvalue weighted by Gasteiger charge is -2.34. The molecule has 1 atom stereocenters. The molecule has 1 aliphatic rings. The van der Waals surface area contributed by atoms with Crippen LogP contribution in [-0.4, -0.2) is 24.7 Å². The molecule has 1 aliphatic heterocycles. The quantitative estimate of drug-likeness (QED) is 0.857. The third-order valence-corrected chi connectivity index (χ3v) is 4.21. The molecule has 1 saturated heterocycles. The van der Waals surface area contributed by atoms with Gasteiger partial charge in [-0.2, -0.15) is 0 Å². The van der Waals surface area contributed by atoms with Crippen LogP contribution in [0.25, 0.3) is 0 Å². The van der Waals surface area contributed by atoms with Crippen molar-refractivity contribution >= 4 is 37.8 Å². The summed E-state index contributed by atoms with van der Waals surface area (Å²) in [4.78, 5) is 12.3. The maximum absolute atomic E-state index is 12.3. The van der Waals surface area contributed by atoms with Gasteiger partial charge in [-0.3, -0.25) is 4.79 Å². The lowest BCUT2D eigenvalue weighted by Crippen LogP contribution is -2.51. The molecule has 5 heteroatoms. The van der Waals surface area contributed by atoms with Crippen LogP contribution >= 0.6 is 31.9 Å². The average Bonchev–Trinajstić information content (AvgIpc) is 2.32. The van der Waals surface area contributed by atoms with Gasteiger partial charge in [-0.1, -0.05) is 15.9 Å². The first-order chi connectivity index (χ1) is 8.50. The maximum atomic E-state index is 12.3. The van der Waals surface area contributed by atoms with E-state index in [9.17, 15) is 4.79 Å². The molecule has 1 aromatic carbocycles. The highest BCUT2D eigenvalue weighted by atomic mass is 79.9. The molecule has 0 aromatic heterocycles. The molecule has 1 N–H and O–H groups in total. The number of nitrogens with one attached hydrogen (secondary N) is 1. The third kappa shape index (κ3) is 3.33. The van der Waals surface area contributed by atoms with Crippen LogP contribution in [0.3, 0.4) is 0 Å². The van der Waals surface area contributed by atoms with E-state index >= 15 is 0 Å². The zero-order valence-electron chi connectivity index (χ0n) is 10.1. The van der Waals surface area contributed by atoms with Crippen molar-refractivity contribution < 1.29 is 9.53 Å².